The average molecular weight is 494 g/mol. The first-order valence-corrected chi connectivity index (χ1v) is 11.4. The Kier molecular flexibility index (Phi) is 6.20. The summed E-state index contributed by atoms with van der Waals surface area (Å²) >= 11 is 5.80. The number of nitrogens with zero attached hydrogens (tertiary/aromatic N) is 6. The summed E-state index contributed by atoms with van der Waals surface area (Å²) < 4.78 is 46.3. The second-order valence-corrected chi connectivity index (χ2v) is 9.07. The van der Waals surface area contributed by atoms with Gasteiger partial charge >= 0.3 is 6.01 Å². The van der Waals surface area contributed by atoms with Crippen molar-refractivity contribution in [1.29, 1.82) is 0 Å². The van der Waals surface area contributed by atoms with E-state index >= 15 is 0 Å². The Bertz CT molecular complexity index is 1160. The summed E-state index contributed by atoms with van der Waals surface area (Å²) in [5.41, 5.74) is 0.918. The topological polar surface area (TPSA) is 81.0 Å². The van der Waals surface area contributed by atoms with Crippen LogP contribution in [0, 0.1) is 24.6 Å². The molecule has 2 aromatic heterocycles. The minimum Gasteiger partial charge on any atom is -0.424 e. The Morgan fingerprint density at radius 2 is 1.94 bits per heavy atom. The van der Waals surface area contributed by atoms with Gasteiger partial charge < -0.3 is 15.0 Å². The summed E-state index contributed by atoms with van der Waals surface area (Å²) in [5.74, 6) is 1.36. The number of halogens is 4. The van der Waals surface area contributed by atoms with Crippen LogP contribution in [0.5, 0.6) is 11.8 Å². The van der Waals surface area contributed by atoms with Gasteiger partial charge in [0.05, 0.1) is 5.02 Å². The van der Waals surface area contributed by atoms with Gasteiger partial charge in [0, 0.05) is 37.0 Å². The molecule has 3 aromatic rings. The number of aryl methyl sites for hydroxylation is 1. The number of hydrogen-bond donors (Lipinski definition) is 1. The van der Waals surface area contributed by atoms with E-state index in [1.54, 1.807) is 6.33 Å². The zero-order valence-corrected chi connectivity index (χ0v) is 19.1. The number of fused-ring (bicyclic) bond motifs is 2. The van der Waals surface area contributed by atoms with E-state index in [1.165, 1.54) is 12.1 Å². The SMILES string of the molecule is Cc1cc(N2CC3CCC(C2)C3Nc2nc(Oc3ccc(F)c(Cl)c3)n(CC(F)F)n2)ncn1. The molecule has 2 fully saturated rings. The van der Waals surface area contributed by atoms with E-state index in [9.17, 15) is 13.2 Å². The molecule has 8 nitrogen and oxygen atoms in total. The lowest BCUT2D eigenvalue weighted by Gasteiger charge is -2.38. The second-order valence-electron chi connectivity index (χ2n) is 8.66. The maximum absolute atomic E-state index is 13.4. The number of ether oxygens (including phenoxy) is 1. The lowest BCUT2D eigenvalue weighted by Crippen LogP contribution is -2.48. The number of alkyl halides is 2. The summed E-state index contributed by atoms with van der Waals surface area (Å²) in [7, 11) is 0. The standard InChI is InChI=1S/C22H23ClF3N7O/c1-12-6-19(28-11-27-12)32-8-13-2-3-14(9-32)20(13)29-21-30-22(33(31-21)10-18(25)26)34-15-4-5-17(24)16(23)7-15/h4-7,11,13-14,18,20H,2-3,8-10H2,1H3,(H,29,31). The Morgan fingerprint density at radius 3 is 2.62 bits per heavy atom. The van der Waals surface area contributed by atoms with Gasteiger partial charge in [-0.05, 0) is 43.7 Å². The molecule has 2 bridgehead atoms. The fourth-order valence-corrected chi connectivity index (χ4v) is 4.94. The van der Waals surface area contributed by atoms with Gasteiger partial charge in [0.25, 0.3) is 6.43 Å². The Labute approximate surface area is 199 Å². The van der Waals surface area contributed by atoms with Crippen molar-refractivity contribution in [2.24, 2.45) is 11.8 Å². The van der Waals surface area contributed by atoms with Crippen molar-refractivity contribution in [2.45, 2.75) is 38.8 Å². The minimum atomic E-state index is -2.65. The van der Waals surface area contributed by atoms with Gasteiger partial charge in [-0.25, -0.2) is 27.8 Å². The Hall–Kier alpha value is -3.08. The summed E-state index contributed by atoms with van der Waals surface area (Å²) in [6.45, 7) is 2.89. The van der Waals surface area contributed by atoms with Crippen LogP contribution in [0.15, 0.2) is 30.6 Å². The third-order valence-corrected chi connectivity index (χ3v) is 6.58. The van der Waals surface area contributed by atoms with Crippen LogP contribution in [-0.2, 0) is 6.54 Å². The van der Waals surface area contributed by atoms with E-state index in [0.717, 1.165) is 48.2 Å². The van der Waals surface area contributed by atoms with Crippen LogP contribution in [-0.4, -0.2) is 50.3 Å². The molecule has 0 amide bonds. The minimum absolute atomic E-state index is 0.106. The summed E-state index contributed by atoms with van der Waals surface area (Å²) in [6, 6.07) is 5.71. The molecule has 2 aliphatic rings. The van der Waals surface area contributed by atoms with Crippen molar-refractivity contribution in [3.63, 3.8) is 0 Å². The van der Waals surface area contributed by atoms with Crippen LogP contribution in [0.2, 0.25) is 5.02 Å². The monoisotopic (exact) mass is 493 g/mol. The normalized spacial score (nSPS) is 21.8. The molecule has 2 atom stereocenters. The second kappa shape index (κ2) is 9.28. The lowest BCUT2D eigenvalue weighted by molar-refractivity contribution is 0.118. The number of piperidine rings is 1. The fourth-order valence-electron chi connectivity index (χ4n) is 4.77. The predicted octanol–water partition coefficient (Wildman–Crippen LogP) is 4.55. The van der Waals surface area contributed by atoms with Gasteiger partial charge in [0.15, 0.2) is 0 Å². The predicted molar refractivity (Wildman–Crippen MR) is 120 cm³/mol. The molecule has 1 saturated carbocycles. The smallest absolute Gasteiger partial charge is 0.322 e. The first kappa shape index (κ1) is 22.7. The lowest BCUT2D eigenvalue weighted by atomic mass is 9.92. The van der Waals surface area contributed by atoms with E-state index in [2.05, 4.69) is 30.3 Å². The largest absolute Gasteiger partial charge is 0.424 e. The molecule has 1 aromatic carbocycles. The highest BCUT2D eigenvalue weighted by Crippen LogP contribution is 2.40. The molecule has 12 heteroatoms. The van der Waals surface area contributed by atoms with Gasteiger partial charge in [0.2, 0.25) is 5.95 Å². The van der Waals surface area contributed by atoms with Crippen molar-refractivity contribution < 1.29 is 17.9 Å². The van der Waals surface area contributed by atoms with E-state index in [4.69, 9.17) is 16.3 Å². The maximum atomic E-state index is 13.4. The number of rotatable bonds is 7. The Morgan fingerprint density at radius 1 is 1.18 bits per heavy atom. The molecule has 2 unspecified atom stereocenters. The van der Waals surface area contributed by atoms with E-state index in [1.807, 2.05) is 13.0 Å². The van der Waals surface area contributed by atoms with Crippen molar-refractivity contribution in [2.75, 3.05) is 23.3 Å². The highest BCUT2D eigenvalue weighted by atomic mass is 35.5. The molecule has 34 heavy (non-hydrogen) atoms. The molecule has 1 aliphatic carbocycles. The molecule has 1 saturated heterocycles. The van der Waals surface area contributed by atoms with Crippen LogP contribution in [0.3, 0.4) is 0 Å². The van der Waals surface area contributed by atoms with Crippen LogP contribution in [0.4, 0.5) is 24.9 Å². The summed E-state index contributed by atoms with van der Waals surface area (Å²) in [6.07, 6.45) is 1.01. The zero-order chi connectivity index (χ0) is 23.8. The zero-order valence-electron chi connectivity index (χ0n) is 18.3. The van der Waals surface area contributed by atoms with Crippen LogP contribution in [0.25, 0.3) is 0 Å². The van der Waals surface area contributed by atoms with Crippen molar-refractivity contribution in [3.8, 4) is 11.8 Å². The van der Waals surface area contributed by atoms with E-state index < -0.39 is 18.8 Å². The number of benzene rings is 1. The number of anilines is 2. The van der Waals surface area contributed by atoms with Gasteiger partial charge in [-0.2, -0.15) is 4.98 Å². The van der Waals surface area contributed by atoms with Crippen molar-refractivity contribution in [1.82, 2.24) is 24.7 Å². The molecule has 1 N–H and O–H groups in total. The van der Waals surface area contributed by atoms with Crippen LogP contribution < -0.4 is 15.0 Å². The highest BCUT2D eigenvalue weighted by Gasteiger charge is 2.43. The summed E-state index contributed by atoms with van der Waals surface area (Å²) in [5, 5.41) is 7.43. The molecule has 1 aliphatic heterocycles. The third kappa shape index (κ3) is 4.75. The van der Waals surface area contributed by atoms with Gasteiger partial charge in [-0.1, -0.05) is 11.6 Å². The van der Waals surface area contributed by atoms with Crippen LogP contribution in [0.1, 0.15) is 18.5 Å². The Balaban J connectivity index is 1.33. The number of aromatic nitrogens is 5. The molecular formula is C22H23ClF3N7O. The van der Waals surface area contributed by atoms with Gasteiger partial charge in [-0.15, -0.1) is 5.10 Å². The molecular weight excluding hydrogens is 471 g/mol. The molecule has 0 radical (unpaired) electrons. The average Bonchev–Trinajstić information content (AvgIpc) is 3.24. The van der Waals surface area contributed by atoms with Crippen LogP contribution >= 0.6 is 11.6 Å². The first-order valence-electron chi connectivity index (χ1n) is 11.0. The quantitative estimate of drug-likeness (QED) is 0.517. The number of hydrogen-bond acceptors (Lipinski definition) is 7. The van der Waals surface area contributed by atoms with E-state index in [-0.39, 0.29) is 28.8 Å². The first-order chi connectivity index (χ1) is 16.4. The maximum Gasteiger partial charge on any atom is 0.322 e. The van der Waals surface area contributed by atoms with Crippen molar-refractivity contribution in [3.05, 3.63) is 47.1 Å². The molecule has 3 heterocycles. The molecule has 5 rings (SSSR count). The molecule has 0 spiro atoms. The van der Waals surface area contributed by atoms with Gasteiger partial charge in [0.1, 0.15) is 30.3 Å². The third-order valence-electron chi connectivity index (χ3n) is 6.29. The van der Waals surface area contributed by atoms with Gasteiger partial charge in [-0.3, -0.25) is 0 Å². The number of nitrogens with one attached hydrogen (secondary N) is 1. The van der Waals surface area contributed by atoms with Crippen molar-refractivity contribution >= 4 is 23.4 Å². The fraction of sp³-hybridized carbons (Fsp3) is 0.455. The highest BCUT2D eigenvalue weighted by molar-refractivity contribution is 6.30. The van der Waals surface area contributed by atoms with E-state index in [0.29, 0.717) is 11.8 Å². The molecule has 180 valence electrons. The summed E-state index contributed by atoms with van der Waals surface area (Å²) in [4.78, 5) is 15.2.